The summed E-state index contributed by atoms with van der Waals surface area (Å²) < 4.78 is 5.40. The fourth-order valence-corrected chi connectivity index (χ4v) is 3.53. The van der Waals surface area contributed by atoms with Gasteiger partial charge in [0, 0.05) is 11.8 Å². The van der Waals surface area contributed by atoms with E-state index >= 15 is 0 Å². The van der Waals surface area contributed by atoms with Gasteiger partial charge in [-0.15, -0.1) is 0 Å². The van der Waals surface area contributed by atoms with Gasteiger partial charge in [-0.2, -0.15) is 5.26 Å². The number of thiazole rings is 1. The molecule has 0 radical (unpaired) electrons. The van der Waals surface area contributed by atoms with E-state index in [0.29, 0.717) is 27.5 Å². The molecule has 1 aromatic carbocycles. The van der Waals surface area contributed by atoms with Crippen molar-refractivity contribution in [1.82, 2.24) is 9.97 Å². The van der Waals surface area contributed by atoms with Crippen LogP contribution < -0.4 is 5.32 Å². The Hall–Kier alpha value is -4.09. The number of pyridine rings is 1. The van der Waals surface area contributed by atoms with Crippen LogP contribution in [0.4, 0.5) is 5.13 Å². The first-order chi connectivity index (χ1) is 14.2. The van der Waals surface area contributed by atoms with E-state index < -0.39 is 5.91 Å². The van der Waals surface area contributed by atoms with Crippen LogP contribution in [0, 0.1) is 11.3 Å². The largest absolute Gasteiger partial charge is 0.463 e. The highest BCUT2D eigenvalue weighted by atomic mass is 32.1. The molecule has 0 fully saturated rings. The number of carbonyl (C=O) groups excluding carboxylic acids is 2. The molecule has 3 aromatic heterocycles. The Morgan fingerprint density at radius 2 is 2.00 bits per heavy atom. The molecule has 0 aliphatic rings. The van der Waals surface area contributed by atoms with Crippen molar-refractivity contribution in [2.45, 2.75) is 0 Å². The highest BCUT2D eigenvalue weighted by Gasteiger charge is 2.24. The van der Waals surface area contributed by atoms with E-state index in [1.165, 1.54) is 18.5 Å². The van der Waals surface area contributed by atoms with Gasteiger partial charge in [-0.3, -0.25) is 19.9 Å². The van der Waals surface area contributed by atoms with Gasteiger partial charge >= 0.3 is 0 Å². The summed E-state index contributed by atoms with van der Waals surface area (Å²) in [4.78, 5) is 34.3. The van der Waals surface area contributed by atoms with Crippen LogP contribution >= 0.6 is 11.3 Å². The van der Waals surface area contributed by atoms with Crippen LogP contribution in [0.2, 0.25) is 0 Å². The topological polar surface area (TPSA) is 109 Å². The van der Waals surface area contributed by atoms with Crippen LogP contribution in [0.15, 0.2) is 71.5 Å². The van der Waals surface area contributed by atoms with E-state index in [0.717, 1.165) is 11.3 Å². The summed E-state index contributed by atoms with van der Waals surface area (Å²) in [5, 5.41) is 11.9. The van der Waals surface area contributed by atoms with Crippen LogP contribution in [-0.2, 0) is 0 Å². The van der Waals surface area contributed by atoms with Crippen molar-refractivity contribution in [2.24, 2.45) is 0 Å². The van der Waals surface area contributed by atoms with Gasteiger partial charge < -0.3 is 4.42 Å². The average molecular weight is 400 g/mol. The van der Waals surface area contributed by atoms with Gasteiger partial charge in [-0.05, 0) is 42.5 Å². The quantitative estimate of drug-likeness (QED) is 0.504. The van der Waals surface area contributed by atoms with E-state index in [1.807, 2.05) is 6.07 Å². The lowest BCUT2D eigenvalue weighted by molar-refractivity contribution is 0.102. The molecule has 0 saturated heterocycles. The van der Waals surface area contributed by atoms with E-state index in [2.05, 4.69) is 15.3 Å². The SMILES string of the molecule is N#Cc1cccc(C(=O)Nc2nc(-c3ccco3)c(C(=O)c3ccccn3)s2)c1. The van der Waals surface area contributed by atoms with Crippen molar-refractivity contribution in [3.8, 4) is 17.5 Å². The summed E-state index contributed by atoms with van der Waals surface area (Å²) in [5.74, 6) is -0.340. The van der Waals surface area contributed by atoms with E-state index in [4.69, 9.17) is 9.68 Å². The van der Waals surface area contributed by atoms with Gasteiger partial charge in [0.2, 0.25) is 5.78 Å². The molecule has 0 aliphatic carbocycles. The molecule has 8 heteroatoms. The molecule has 1 N–H and O–H groups in total. The Balaban J connectivity index is 1.69. The normalized spacial score (nSPS) is 10.3. The third-order valence-electron chi connectivity index (χ3n) is 3.96. The van der Waals surface area contributed by atoms with Crippen LogP contribution in [0.5, 0.6) is 0 Å². The lowest BCUT2D eigenvalue weighted by Gasteiger charge is -2.01. The molecule has 4 rings (SSSR count). The van der Waals surface area contributed by atoms with Gasteiger partial charge in [0.1, 0.15) is 16.3 Å². The number of nitriles is 1. The maximum absolute atomic E-state index is 12.9. The maximum Gasteiger partial charge on any atom is 0.257 e. The molecule has 140 valence electrons. The van der Waals surface area contributed by atoms with E-state index in [-0.39, 0.29) is 16.6 Å². The fourth-order valence-electron chi connectivity index (χ4n) is 2.62. The Kier molecular flexibility index (Phi) is 4.97. The summed E-state index contributed by atoms with van der Waals surface area (Å²) in [5.41, 5.74) is 1.29. The maximum atomic E-state index is 12.9. The molecule has 0 unspecified atom stereocenters. The Morgan fingerprint density at radius 3 is 2.72 bits per heavy atom. The van der Waals surface area contributed by atoms with E-state index in [1.54, 1.807) is 48.5 Å². The van der Waals surface area contributed by atoms with Crippen LogP contribution in [0.3, 0.4) is 0 Å². The number of anilines is 1. The molecule has 0 atom stereocenters. The second kappa shape index (κ2) is 7.88. The number of aromatic nitrogens is 2. The molecular weight excluding hydrogens is 388 g/mol. The number of benzene rings is 1. The summed E-state index contributed by atoms with van der Waals surface area (Å²) in [6.45, 7) is 0. The van der Waals surface area contributed by atoms with Crippen molar-refractivity contribution in [1.29, 1.82) is 5.26 Å². The van der Waals surface area contributed by atoms with Crippen molar-refractivity contribution >= 4 is 28.2 Å². The van der Waals surface area contributed by atoms with Gasteiger partial charge in [0.15, 0.2) is 10.9 Å². The molecule has 7 nitrogen and oxygen atoms in total. The minimum Gasteiger partial charge on any atom is -0.463 e. The summed E-state index contributed by atoms with van der Waals surface area (Å²) >= 11 is 1.04. The first kappa shape index (κ1) is 18.3. The predicted molar refractivity (Wildman–Crippen MR) is 107 cm³/mol. The summed E-state index contributed by atoms with van der Waals surface area (Å²) in [6, 6.07) is 16.7. The van der Waals surface area contributed by atoms with Gasteiger partial charge in [0.25, 0.3) is 5.91 Å². The number of amides is 1. The van der Waals surface area contributed by atoms with E-state index in [9.17, 15) is 9.59 Å². The molecule has 3 heterocycles. The zero-order valence-corrected chi connectivity index (χ0v) is 15.6. The number of furan rings is 1. The zero-order valence-electron chi connectivity index (χ0n) is 14.8. The van der Waals surface area contributed by atoms with Crippen molar-refractivity contribution in [3.05, 3.63) is 88.8 Å². The monoisotopic (exact) mass is 400 g/mol. The number of carbonyl (C=O) groups is 2. The highest BCUT2D eigenvalue weighted by molar-refractivity contribution is 7.18. The number of nitrogens with one attached hydrogen (secondary N) is 1. The van der Waals surface area contributed by atoms with Gasteiger partial charge in [-0.25, -0.2) is 4.98 Å². The third-order valence-corrected chi connectivity index (χ3v) is 4.93. The Morgan fingerprint density at radius 1 is 1.10 bits per heavy atom. The fraction of sp³-hybridized carbons (Fsp3) is 0. The average Bonchev–Trinajstić information content (AvgIpc) is 3.44. The number of hydrogen-bond acceptors (Lipinski definition) is 7. The summed E-state index contributed by atoms with van der Waals surface area (Å²) in [6.07, 6.45) is 3.01. The molecule has 1 amide bonds. The Bertz CT molecular complexity index is 1220. The third kappa shape index (κ3) is 3.81. The van der Waals surface area contributed by atoms with Crippen molar-refractivity contribution < 1.29 is 14.0 Å². The second-order valence-electron chi connectivity index (χ2n) is 5.86. The lowest BCUT2D eigenvalue weighted by Crippen LogP contribution is -2.11. The summed E-state index contributed by atoms with van der Waals surface area (Å²) in [7, 11) is 0. The first-order valence-corrected chi connectivity index (χ1v) is 9.29. The number of ketones is 1. The van der Waals surface area contributed by atoms with Crippen molar-refractivity contribution in [2.75, 3.05) is 5.32 Å². The predicted octanol–water partition coefficient (Wildman–Crippen LogP) is 4.15. The molecule has 4 aromatic rings. The molecular formula is C21H12N4O3S. The zero-order chi connectivity index (χ0) is 20.2. The van der Waals surface area contributed by atoms with Crippen LogP contribution in [-0.4, -0.2) is 21.7 Å². The standard InChI is InChI=1S/C21H12N4O3S/c22-12-13-5-3-6-14(11-13)20(27)25-21-24-17(16-8-4-10-28-16)19(29-21)18(26)15-7-1-2-9-23-15/h1-11H,(H,24,25,27). The number of nitrogens with zero attached hydrogens (tertiary/aromatic N) is 3. The number of rotatable bonds is 5. The molecule has 0 saturated carbocycles. The minimum absolute atomic E-state index is 0.239. The van der Waals surface area contributed by atoms with Crippen LogP contribution in [0.1, 0.15) is 31.3 Å². The smallest absolute Gasteiger partial charge is 0.257 e. The minimum atomic E-state index is -0.432. The first-order valence-electron chi connectivity index (χ1n) is 8.47. The van der Waals surface area contributed by atoms with Crippen molar-refractivity contribution in [3.63, 3.8) is 0 Å². The van der Waals surface area contributed by atoms with Crippen LogP contribution in [0.25, 0.3) is 11.5 Å². The highest BCUT2D eigenvalue weighted by Crippen LogP contribution is 2.33. The molecule has 0 bridgehead atoms. The lowest BCUT2D eigenvalue weighted by atomic mass is 10.1. The Labute approximate surface area is 169 Å². The molecule has 0 aliphatic heterocycles. The molecule has 0 spiro atoms. The van der Waals surface area contributed by atoms with Gasteiger partial charge in [0.05, 0.1) is 17.9 Å². The second-order valence-corrected chi connectivity index (χ2v) is 6.86. The molecule has 29 heavy (non-hydrogen) atoms. The number of hydrogen-bond donors (Lipinski definition) is 1. The van der Waals surface area contributed by atoms with Gasteiger partial charge in [-0.1, -0.05) is 23.5 Å².